The van der Waals surface area contributed by atoms with E-state index in [1.54, 1.807) is 37.3 Å². The summed E-state index contributed by atoms with van der Waals surface area (Å²) in [5.41, 5.74) is 2.44. The second-order valence-corrected chi connectivity index (χ2v) is 6.81. The van der Waals surface area contributed by atoms with Crippen LogP contribution < -0.4 is 19.5 Å². The van der Waals surface area contributed by atoms with Gasteiger partial charge in [0, 0.05) is 11.3 Å². The molecule has 2 aromatic rings. The molecule has 2 aromatic carbocycles. The van der Waals surface area contributed by atoms with Crippen LogP contribution in [0, 0.1) is 0 Å². The fourth-order valence-corrected chi connectivity index (χ4v) is 3.27. The summed E-state index contributed by atoms with van der Waals surface area (Å²) in [6, 6.07) is 8.24. The van der Waals surface area contributed by atoms with Crippen LogP contribution in [0.2, 0.25) is 0 Å². The molecular weight excluding hydrogens is 390 g/mol. The van der Waals surface area contributed by atoms with E-state index in [1.807, 2.05) is 0 Å². The van der Waals surface area contributed by atoms with Gasteiger partial charge in [0.15, 0.2) is 23.9 Å². The Morgan fingerprint density at radius 3 is 2.27 bits per heavy atom. The molecule has 0 aromatic heterocycles. The number of rotatable bonds is 8. The summed E-state index contributed by atoms with van der Waals surface area (Å²) >= 11 is 0. The van der Waals surface area contributed by atoms with Gasteiger partial charge in [-0.1, -0.05) is 0 Å². The van der Waals surface area contributed by atoms with Gasteiger partial charge in [-0.25, -0.2) is 0 Å². The summed E-state index contributed by atoms with van der Waals surface area (Å²) in [4.78, 5) is 36.4. The third-order valence-electron chi connectivity index (χ3n) is 4.93. The average molecular weight is 413 g/mol. The van der Waals surface area contributed by atoms with E-state index in [1.165, 1.54) is 21.3 Å². The number of esters is 1. The molecule has 3 rings (SSSR count). The van der Waals surface area contributed by atoms with Gasteiger partial charge in [-0.05, 0) is 48.4 Å². The number of amides is 1. The van der Waals surface area contributed by atoms with Gasteiger partial charge < -0.3 is 24.3 Å². The van der Waals surface area contributed by atoms with Crippen molar-refractivity contribution in [2.75, 3.05) is 33.3 Å². The first-order valence-corrected chi connectivity index (χ1v) is 9.30. The molecule has 0 fully saturated rings. The number of fused-ring (bicyclic) bond motifs is 1. The minimum atomic E-state index is -0.566. The van der Waals surface area contributed by atoms with Gasteiger partial charge in [0.1, 0.15) is 0 Å². The number of ketones is 1. The number of hydrogen-bond donors (Lipinski definition) is 1. The van der Waals surface area contributed by atoms with Crippen LogP contribution in [-0.4, -0.2) is 45.6 Å². The first kappa shape index (κ1) is 21.2. The van der Waals surface area contributed by atoms with Crippen LogP contribution in [0.25, 0.3) is 0 Å². The fourth-order valence-electron chi connectivity index (χ4n) is 3.27. The maximum absolute atomic E-state index is 12.4. The Morgan fingerprint density at radius 2 is 1.67 bits per heavy atom. The van der Waals surface area contributed by atoms with Crippen molar-refractivity contribution < 1.29 is 33.3 Å². The average Bonchev–Trinajstić information content (AvgIpc) is 3.04. The maximum atomic E-state index is 12.4. The Morgan fingerprint density at radius 1 is 1.00 bits per heavy atom. The van der Waals surface area contributed by atoms with Crippen LogP contribution >= 0.6 is 0 Å². The van der Waals surface area contributed by atoms with Crippen molar-refractivity contribution >= 4 is 23.3 Å². The molecule has 0 saturated heterocycles. The van der Waals surface area contributed by atoms with Gasteiger partial charge in [0.05, 0.1) is 33.7 Å². The van der Waals surface area contributed by atoms with E-state index >= 15 is 0 Å². The molecule has 0 radical (unpaired) electrons. The zero-order valence-electron chi connectivity index (χ0n) is 17.2. The van der Waals surface area contributed by atoms with Crippen LogP contribution in [0.3, 0.4) is 0 Å². The van der Waals surface area contributed by atoms with Crippen LogP contribution in [0.5, 0.6) is 17.2 Å². The molecule has 1 aliphatic rings. The molecule has 0 saturated carbocycles. The van der Waals surface area contributed by atoms with Gasteiger partial charge >= 0.3 is 5.97 Å². The second-order valence-electron chi connectivity index (χ2n) is 6.81. The Kier molecular flexibility index (Phi) is 6.25. The van der Waals surface area contributed by atoms with Crippen molar-refractivity contribution in [2.45, 2.75) is 19.3 Å². The van der Waals surface area contributed by atoms with Crippen molar-refractivity contribution in [3.63, 3.8) is 0 Å². The van der Waals surface area contributed by atoms with Crippen molar-refractivity contribution in [3.05, 3.63) is 47.0 Å². The second kappa shape index (κ2) is 8.86. The van der Waals surface area contributed by atoms with E-state index in [0.717, 1.165) is 5.56 Å². The van der Waals surface area contributed by atoms with Crippen LogP contribution in [0.1, 0.15) is 34.3 Å². The SMILES string of the molecule is COc1cc(CC(=O)OCC(=O)c2ccc3c(c2)[C@@H](C)C(=O)N3)cc(OC)c1OC. The van der Waals surface area contributed by atoms with E-state index in [9.17, 15) is 14.4 Å². The minimum absolute atomic E-state index is 0.0658. The first-order valence-electron chi connectivity index (χ1n) is 9.30. The molecule has 1 atom stereocenters. The number of nitrogens with one attached hydrogen (secondary N) is 1. The van der Waals surface area contributed by atoms with Gasteiger partial charge in [-0.15, -0.1) is 0 Å². The number of methoxy groups -OCH3 is 3. The number of carbonyl (C=O) groups excluding carboxylic acids is 3. The Balaban J connectivity index is 1.64. The predicted molar refractivity (Wildman–Crippen MR) is 109 cm³/mol. The van der Waals surface area contributed by atoms with E-state index in [2.05, 4.69) is 5.32 Å². The molecule has 0 spiro atoms. The third kappa shape index (κ3) is 4.22. The molecule has 8 heteroatoms. The molecule has 1 amide bonds. The number of ether oxygens (including phenoxy) is 4. The Hall–Kier alpha value is -3.55. The predicted octanol–water partition coefficient (Wildman–Crippen LogP) is 2.74. The van der Waals surface area contributed by atoms with Crippen LogP contribution in [0.4, 0.5) is 5.69 Å². The van der Waals surface area contributed by atoms with Gasteiger partial charge in [-0.2, -0.15) is 0 Å². The monoisotopic (exact) mass is 413 g/mol. The summed E-state index contributed by atoms with van der Waals surface area (Å²) in [6.07, 6.45) is -0.0658. The molecule has 0 bridgehead atoms. The lowest BCUT2D eigenvalue weighted by atomic mass is 9.99. The van der Waals surface area contributed by atoms with E-state index < -0.39 is 12.6 Å². The number of hydrogen-bond acceptors (Lipinski definition) is 7. The lowest BCUT2D eigenvalue weighted by Crippen LogP contribution is -2.16. The van der Waals surface area contributed by atoms with Crippen LogP contribution in [-0.2, 0) is 20.7 Å². The standard InChI is InChI=1S/C22H23NO7/c1-12-15-10-14(5-6-16(15)23-22(12)26)17(24)11-30-20(25)9-13-7-18(27-2)21(29-4)19(8-13)28-3/h5-8,10,12H,9,11H2,1-4H3,(H,23,26)/t12-/m1/s1. The van der Waals surface area contributed by atoms with Gasteiger partial charge in [-0.3, -0.25) is 14.4 Å². The lowest BCUT2D eigenvalue weighted by molar-refractivity contribution is -0.141. The lowest BCUT2D eigenvalue weighted by Gasteiger charge is -2.14. The highest BCUT2D eigenvalue weighted by Gasteiger charge is 2.27. The summed E-state index contributed by atoms with van der Waals surface area (Å²) < 4.78 is 20.9. The summed E-state index contributed by atoms with van der Waals surface area (Å²) in [5, 5.41) is 2.75. The highest BCUT2D eigenvalue weighted by Crippen LogP contribution is 2.38. The highest BCUT2D eigenvalue weighted by atomic mass is 16.5. The number of carbonyl (C=O) groups is 3. The van der Waals surface area contributed by atoms with Crippen LogP contribution in [0.15, 0.2) is 30.3 Å². The highest BCUT2D eigenvalue weighted by molar-refractivity contribution is 6.05. The number of benzene rings is 2. The van der Waals surface area contributed by atoms with Gasteiger partial charge in [0.2, 0.25) is 11.7 Å². The molecule has 0 aliphatic carbocycles. The van der Waals surface area contributed by atoms with Crippen molar-refractivity contribution in [2.24, 2.45) is 0 Å². The van der Waals surface area contributed by atoms with E-state index in [4.69, 9.17) is 18.9 Å². The van der Waals surface area contributed by atoms with E-state index in [-0.39, 0.29) is 24.0 Å². The topological polar surface area (TPSA) is 100 Å². The zero-order valence-corrected chi connectivity index (χ0v) is 17.2. The quantitative estimate of drug-likeness (QED) is 0.525. The maximum Gasteiger partial charge on any atom is 0.310 e. The van der Waals surface area contributed by atoms with Crippen molar-refractivity contribution in [1.82, 2.24) is 0 Å². The molecular formula is C22H23NO7. The third-order valence-corrected chi connectivity index (χ3v) is 4.93. The first-order chi connectivity index (χ1) is 14.4. The Labute approximate surface area is 174 Å². The summed E-state index contributed by atoms with van der Waals surface area (Å²) in [7, 11) is 4.46. The zero-order chi connectivity index (χ0) is 21.8. The molecule has 158 valence electrons. The number of anilines is 1. The molecule has 1 N–H and O–H groups in total. The molecule has 8 nitrogen and oxygen atoms in total. The van der Waals surface area contributed by atoms with Crippen molar-refractivity contribution in [3.8, 4) is 17.2 Å². The molecule has 1 heterocycles. The summed E-state index contributed by atoms with van der Waals surface area (Å²) in [6.45, 7) is 1.38. The van der Waals surface area contributed by atoms with Gasteiger partial charge in [0.25, 0.3) is 0 Å². The summed E-state index contributed by atoms with van der Waals surface area (Å²) in [5.74, 6) is -0.0725. The molecule has 0 unspecified atom stereocenters. The number of Topliss-reactive ketones (excluding diaryl/α,β-unsaturated/α-hetero) is 1. The fraction of sp³-hybridized carbons (Fsp3) is 0.318. The van der Waals surface area contributed by atoms with Crippen molar-refractivity contribution in [1.29, 1.82) is 0 Å². The minimum Gasteiger partial charge on any atom is -0.493 e. The van der Waals surface area contributed by atoms with E-state index in [0.29, 0.717) is 34.1 Å². The smallest absolute Gasteiger partial charge is 0.310 e. The normalized spacial score (nSPS) is 14.5. The largest absolute Gasteiger partial charge is 0.493 e. The molecule has 1 aliphatic heterocycles. The Bertz CT molecular complexity index is 974. The molecule has 30 heavy (non-hydrogen) atoms.